The van der Waals surface area contributed by atoms with Crippen molar-refractivity contribution in [2.45, 2.75) is 45.0 Å². The Morgan fingerprint density at radius 2 is 1.71 bits per heavy atom. The lowest BCUT2D eigenvalue weighted by molar-refractivity contribution is -0.137. The molecule has 0 saturated carbocycles. The largest absolute Gasteiger partial charge is 0.488 e. The second kappa shape index (κ2) is 14.5. The van der Waals surface area contributed by atoms with Crippen molar-refractivity contribution in [3.63, 3.8) is 0 Å². The number of carbonyl (C=O) groups excluding carboxylic acids is 3. The summed E-state index contributed by atoms with van der Waals surface area (Å²) in [5, 5.41) is 15.3. The third-order valence-electron chi connectivity index (χ3n) is 7.67. The van der Waals surface area contributed by atoms with E-state index in [1.807, 2.05) is 37.3 Å². The number of aliphatic hydroxyl groups excluding tert-OH is 1. The minimum atomic E-state index is -4.49. The van der Waals surface area contributed by atoms with Crippen LogP contribution in [0.4, 0.5) is 29.3 Å². The van der Waals surface area contributed by atoms with Gasteiger partial charge in [-0.2, -0.15) is 13.2 Å². The fourth-order valence-electron chi connectivity index (χ4n) is 5.03. The number of fused-ring (bicyclic) bond motifs is 1. The van der Waals surface area contributed by atoms with Crippen molar-refractivity contribution < 1.29 is 37.4 Å². The molecule has 0 saturated heterocycles. The normalized spacial score (nSPS) is 17.6. The van der Waals surface area contributed by atoms with Gasteiger partial charge in [-0.05, 0) is 55.0 Å². The number of hydrogen-bond donors (Lipinski definition) is 3. The highest BCUT2D eigenvalue weighted by Crippen LogP contribution is 2.31. The molecule has 3 aromatic carbocycles. The molecule has 3 atom stereocenters. The number of likely N-dealkylation sites (N-methyl/N-ethyl adjacent to an activating group) is 1. The van der Waals surface area contributed by atoms with Crippen molar-refractivity contribution in [2.24, 2.45) is 5.92 Å². The van der Waals surface area contributed by atoms with Gasteiger partial charge in [0, 0.05) is 36.4 Å². The molecule has 1 heterocycles. The van der Waals surface area contributed by atoms with Crippen LogP contribution in [0, 0.1) is 5.92 Å². The Labute approximate surface area is 260 Å². The summed E-state index contributed by atoms with van der Waals surface area (Å²) in [5.74, 6) is -0.328. The van der Waals surface area contributed by atoms with E-state index in [1.54, 1.807) is 30.0 Å². The molecule has 0 radical (unpaired) electrons. The Bertz CT molecular complexity index is 1480. The van der Waals surface area contributed by atoms with E-state index in [9.17, 15) is 32.7 Å². The van der Waals surface area contributed by atoms with Crippen LogP contribution in [0.3, 0.4) is 0 Å². The van der Waals surface area contributed by atoms with E-state index >= 15 is 0 Å². The number of rotatable bonds is 8. The molecule has 0 fully saturated rings. The number of aliphatic hydroxyl groups is 1. The third kappa shape index (κ3) is 8.98. The molecule has 1 aliphatic heterocycles. The second-order valence-electron chi connectivity index (χ2n) is 11.3. The van der Waals surface area contributed by atoms with Gasteiger partial charge in [-0.25, -0.2) is 4.79 Å². The van der Waals surface area contributed by atoms with Crippen LogP contribution >= 0.6 is 0 Å². The zero-order valence-corrected chi connectivity index (χ0v) is 25.3. The van der Waals surface area contributed by atoms with Gasteiger partial charge in [0.25, 0.3) is 0 Å². The molecule has 4 amide bonds. The first-order chi connectivity index (χ1) is 21.3. The summed E-state index contributed by atoms with van der Waals surface area (Å²) in [5.41, 5.74) is 1.25. The highest BCUT2D eigenvalue weighted by Gasteiger charge is 2.32. The maximum Gasteiger partial charge on any atom is 0.416 e. The molecule has 1 aliphatic rings. The number of nitrogens with one attached hydrogen (secondary N) is 2. The smallest absolute Gasteiger partial charge is 0.416 e. The van der Waals surface area contributed by atoms with E-state index < -0.39 is 29.9 Å². The first-order valence-electron chi connectivity index (χ1n) is 14.6. The highest BCUT2D eigenvalue weighted by atomic mass is 19.4. The first kappa shape index (κ1) is 33.3. The molecule has 0 aliphatic carbocycles. The number of ether oxygens (including phenoxy) is 1. The van der Waals surface area contributed by atoms with Crippen molar-refractivity contribution >= 4 is 29.2 Å². The van der Waals surface area contributed by atoms with Gasteiger partial charge in [0.2, 0.25) is 11.8 Å². The SMILES string of the molecule is C[C@H](CO)N1C[C@H](C)[C@H](CN(C)C(=O)Nc2ccc(C(F)(F)F)cc2)Oc2ccc(NC(=O)Cc3ccccc3)cc2CC1=O. The molecule has 0 unspecified atom stereocenters. The predicted molar refractivity (Wildman–Crippen MR) is 164 cm³/mol. The maximum atomic E-state index is 13.5. The quantitative estimate of drug-likeness (QED) is 0.319. The van der Waals surface area contributed by atoms with Gasteiger partial charge >= 0.3 is 12.2 Å². The van der Waals surface area contributed by atoms with E-state index in [1.165, 1.54) is 24.1 Å². The highest BCUT2D eigenvalue weighted by molar-refractivity contribution is 5.93. The lowest BCUT2D eigenvalue weighted by Gasteiger charge is -2.34. The average molecular weight is 627 g/mol. The Balaban J connectivity index is 1.53. The van der Waals surface area contributed by atoms with Crippen molar-refractivity contribution in [2.75, 3.05) is 37.4 Å². The summed E-state index contributed by atoms with van der Waals surface area (Å²) < 4.78 is 45.2. The minimum absolute atomic E-state index is 0.0360. The van der Waals surface area contributed by atoms with Crippen molar-refractivity contribution in [3.8, 4) is 5.75 Å². The molecule has 0 spiro atoms. The summed E-state index contributed by atoms with van der Waals surface area (Å²) in [6.45, 7) is 3.69. The third-order valence-corrected chi connectivity index (χ3v) is 7.67. The molecule has 4 rings (SSSR count). The number of amides is 4. The van der Waals surface area contributed by atoms with Gasteiger partial charge in [-0.3, -0.25) is 9.59 Å². The summed E-state index contributed by atoms with van der Waals surface area (Å²) in [6, 6.07) is 17.4. The second-order valence-corrected chi connectivity index (χ2v) is 11.3. The fraction of sp³-hybridized carbons (Fsp3) is 0.364. The van der Waals surface area contributed by atoms with E-state index in [4.69, 9.17) is 4.74 Å². The molecule has 12 heteroatoms. The van der Waals surface area contributed by atoms with Gasteiger partial charge in [0.1, 0.15) is 11.9 Å². The van der Waals surface area contributed by atoms with Crippen LogP contribution in [-0.4, -0.2) is 71.6 Å². The Morgan fingerprint density at radius 3 is 2.36 bits per heavy atom. The number of alkyl halides is 3. The molecule has 0 aromatic heterocycles. The van der Waals surface area contributed by atoms with E-state index in [0.29, 0.717) is 17.0 Å². The zero-order valence-electron chi connectivity index (χ0n) is 25.3. The molecule has 3 aromatic rings. The van der Waals surface area contributed by atoms with Gasteiger partial charge < -0.3 is 30.3 Å². The average Bonchev–Trinajstić information content (AvgIpc) is 3.04. The van der Waals surface area contributed by atoms with E-state index in [0.717, 1.165) is 17.7 Å². The first-order valence-corrected chi connectivity index (χ1v) is 14.6. The molecule has 240 valence electrons. The predicted octanol–water partition coefficient (Wildman–Crippen LogP) is 5.20. The van der Waals surface area contributed by atoms with Crippen LogP contribution in [0.25, 0.3) is 0 Å². The van der Waals surface area contributed by atoms with Crippen LogP contribution in [0.15, 0.2) is 72.8 Å². The van der Waals surface area contributed by atoms with Crippen LogP contribution in [0.1, 0.15) is 30.5 Å². The van der Waals surface area contributed by atoms with E-state index in [-0.39, 0.29) is 56.0 Å². The maximum absolute atomic E-state index is 13.5. The summed E-state index contributed by atoms with van der Waals surface area (Å²) in [7, 11) is 1.54. The fourth-order valence-corrected chi connectivity index (χ4v) is 5.03. The molecular formula is C33H37F3N4O5. The van der Waals surface area contributed by atoms with Gasteiger partial charge in [-0.1, -0.05) is 37.3 Å². The molecule has 0 bridgehead atoms. The number of hydrogen-bond acceptors (Lipinski definition) is 5. The van der Waals surface area contributed by atoms with Crippen molar-refractivity contribution in [1.82, 2.24) is 9.80 Å². The molecule has 9 nitrogen and oxygen atoms in total. The van der Waals surface area contributed by atoms with Gasteiger partial charge in [0.15, 0.2) is 0 Å². The molecular weight excluding hydrogens is 589 g/mol. The van der Waals surface area contributed by atoms with Crippen LogP contribution < -0.4 is 15.4 Å². The molecule has 45 heavy (non-hydrogen) atoms. The lowest BCUT2D eigenvalue weighted by Crippen LogP contribution is -2.48. The summed E-state index contributed by atoms with van der Waals surface area (Å²) in [6.07, 6.45) is -4.96. The number of anilines is 2. The Kier molecular flexibility index (Phi) is 10.7. The van der Waals surface area contributed by atoms with Crippen LogP contribution in [0.5, 0.6) is 5.75 Å². The topological polar surface area (TPSA) is 111 Å². The van der Waals surface area contributed by atoms with Crippen LogP contribution in [0.2, 0.25) is 0 Å². The number of halogens is 3. The Morgan fingerprint density at radius 1 is 1.04 bits per heavy atom. The van der Waals surface area contributed by atoms with E-state index in [2.05, 4.69) is 10.6 Å². The standard InChI is InChI=1S/C33H37F3N4O5/c1-21-18-40(22(2)20-41)31(43)17-24-16-27(37-30(42)15-23-7-5-4-6-8-23)13-14-28(24)45-29(21)19-39(3)32(44)38-26-11-9-25(10-12-26)33(34,35)36/h4-14,16,21-22,29,41H,15,17-20H2,1-3H3,(H,37,42)(H,38,44)/t21-,22+,29-/m0/s1. The minimum Gasteiger partial charge on any atom is -0.488 e. The number of carbonyl (C=O) groups is 3. The van der Waals surface area contributed by atoms with Crippen LogP contribution in [-0.2, 0) is 28.6 Å². The number of urea groups is 1. The van der Waals surface area contributed by atoms with Crippen molar-refractivity contribution in [1.29, 1.82) is 0 Å². The summed E-state index contributed by atoms with van der Waals surface area (Å²) >= 11 is 0. The Hall–Kier alpha value is -4.58. The monoisotopic (exact) mass is 626 g/mol. The molecule has 3 N–H and O–H groups in total. The van der Waals surface area contributed by atoms with Crippen molar-refractivity contribution in [3.05, 3.63) is 89.5 Å². The van der Waals surface area contributed by atoms with Gasteiger partial charge in [-0.15, -0.1) is 0 Å². The lowest BCUT2D eigenvalue weighted by atomic mass is 10.0. The zero-order chi connectivity index (χ0) is 32.7. The summed E-state index contributed by atoms with van der Waals surface area (Å²) in [4.78, 5) is 42.1. The number of nitrogens with zero attached hydrogens (tertiary/aromatic N) is 2. The number of benzene rings is 3. The van der Waals surface area contributed by atoms with Gasteiger partial charge in [0.05, 0.1) is 37.6 Å².